The van der Waals surface area contributed by atoms with Crippen LogP contribution in [0, 0.1) is 0 Å². The molecular weight excluding hydrogens is 256 g/mol. The number of aliphatic hydroxyl groups is 1. The largest absolute Gasteiger partial charge is 0.392 e. The molecule has 2 heterocycles. The molecule has 5 nitrogen and oxygen atoms in total. The number of carbonyl (C=O) groups excluding carboxylic acids is 1. The molecule has 0 radical (unpaired) electrons. The lowest BCUT2D eigenvalue weighted by molar-refractivity contribution is 0.105. The lowest BCUT2D eigenvalue weighted by Crippen LogP contribution is -2.48. The summed E-state index contributed by atoms with van der Waals surface area (Å²) in [4.78, 5) is 15.4. The van der Waals surface area contributed by atoms with E-state index in [2.05, 4.69) is 0 Å². The molecule has 5 heteroatoms. The van der Waals surface area contributed by atoms with E-state index in [0.717, 1.165) is 32.5 Å². The highest BCUT2D eigenvalue weighted by molar-refractivity contribution is 5.74. The van der Waals surface area contributed by atoms with Gasteiger partial charge in [-0.15, -0.1) is 0 Å². The quantitative estimate of drug-likeness (QED) is 0.793. The molecule has 1 unspecified atom stereocenters. The summed E-state index contributed by atoms with van der Waals surface area (Å²) >= 11 is 0. The standard InChI is InChI=1S/C11H20N2O3.2C2H6/c1-9(14)7-12(2)10(15)13-5-3-11(4-6-13)8-16-11;2*1-2/h9,14H,3-8H2,1-2H3;2*1-2H3. The fourth-order valence-corrected chi connectivity index (χ4v) is 2.21. The summed E-state index contributed by atoms with van der Waals surface area (Å²) in [5.74, 6) is 0. The van der Waals surface area contributed by atoms with Gasteiger partial charge in [-0.25, -0.2) is 4.79 Å². The predicted octanol–water partition coefficient (Wildman–Crippen LogP) is 2.34. The lowest BCUT2D eigenvalue weighted by Gasteiger charge is -2.33. The molecule has 1 spiro atoms. The van der Waals surface area contributed by atoms with Crippen LogP contribution < -0.4 is 0 Å². The van der Waals surface area contributed by atoms with E-state index >= 15 is 0 Å². The van der Waals surface area contributed by atoms with Crippen LogP contribution >= 0.6 is 0 Å². The Hall–Kier alpha value is -0.810. The van der Waals surface area contributed by atoms with E-state index in [1.807, 2.05) is 32.6 Å². The highest BCUT2D eigenvalue weighted by Gasteiger charge is 2.47. The monoisotopic (exact) mass is 288 g/mol. The number of hydrogen-bond donors (Lipinski definition) is 1. The van der Waals surface area contributed by atoms with Crippen molar-refractivity contribution in [1.29, 1.82) is 0 Å². The van der Waals surface area contributed by atoms with Crippen molar-refractivity contribution in [1.82, 2.24) is 9.80 Å². The highest BCUT2D eigenvalue weighted by atomic mass is 16.6. The predicted molar refractivity (Wildman–Crippen MR) is 81.9 cm³/mol. The van der Waals surface area contributed by atoms with Crippen LogP contribution in [0.4, 0.5) is 4.79 Å². The second-order valence-electron chi connectivity index (χ2n) is 4.97. The zero-order valence-electron chi connectivity index (χ0n) is 14.0. The molecule has 2 rings (SSSR count). The molecule has 2 aliphatic heterocycles. The first-order valence-corrected chi connectivity index (χ1v) is 7.84. The number of carbonyl (C=O) groups is 1. The number of hydrogen-bond acceptors (Lipinski definition) is 3. The minimum Gasteiger partial charge on any atom is -0.392 e. The molecule has 1 atom stereocenters. The minimum absolute atomic E-state index is 0.0106. The van der Waals surface area contributed by atoms with Gasteiger partial charge in [0.05, 0.1) is 18.3 Å². The van der Waals surface area contributed by atoms with Gasteiger partial charge in [0.25, 0.3) is 0 Å². The molecular formula is C15H32N2O3. The second-order valence-corrected chi connectivity index (χ2v) is 4.97. The third-order valence-electron chi connectivity index (χ3n) is 3.36. The number of rotatable bonds is 2. The summed E-state index contributed by atoms with van der Waals surface area (Å²) in [6, 6.07) is 0.0106. The van der Waals surface area contributed by atoms with Crippen molar-refractivity contribution in [2.24, 2.45) is 0 Å². The average molecular weight is 288 g/mol. The SMILES string of the molecule is CC.CC.CC(O)CN(C)C(=O)N1CCC2(CC1)CO2. The Morgan fingerprint density at radius 2 is 1.75 bits per heavy atom. The summed E-state index contributed by atoms with van der Waals surface area (Å²) in [5, 5.41) is 9.23. The van der Waals surface area contributed by atoms with E-state index < -0.39 is 6.10 Å². The Morgan fingerprint density at radius 3 is 2.10 bits per heavy atom. The molecule has 0 aromatic carbocycles. The van der Waals surface area contributed by atoms with Crippen molar-refractivity contribution in [2.75, 3.05) is 33.3 Å². The van der Waals surface area contributed by atoms with E-state index in [1.165, 1.54) is 0 Å². The number of likely N-dealkylation sites (N-methyl/N-ethyl adjacent to an activating group) is 1. The maximum absolute atomic E-state index is 12.0. The lowest BCUT2D eigenvalue weighted by atomic mass is 9.98. The average Bonchev–Trinajstić information content (AvgIpc) is 3.22. The van der Waals surface area contributed by atoms with Crippen molar-refractivity contribution in [3.8, 4) is 0 Å². The van der Waals surface area contributed by atoms with Crippen LogP contribution in [-0.4, -0.2) is 65.9 Å². The van der Waals surface area contributed by atoms with Crippen LogP contribution in [0.15, 0.2) is 0 Å². The maximum Gasteiger partial charge on any atom is 0.319 e. The second kappa shape index (κ2) is 9.19. The van der Waals surface area contributed by atoms with Gasteiger partial charge in [-0.3, -0.25) is 0 Å². The van der Waals surface area contributed by atoms with Gasteiger partial charge in [0, 0.05) is 26.7 Å². The van der Waals surface area contributed by atoms with E-state index in [4.69, 9.17) is 4.74 Å². The third kappa shape index (κ3) is 5.67. The topological polar surface area (TPSA) is 56.3 Å². The van der Waals surface area contributed by atoms with Crippen LogP contribution in [0.3, 0.4) is 0 Å². The summed E-state index contributed by atoms with van der Waals surface area (Å²) in [6.07, 6.45) is 1.42. The van der Waals surface area contributed by atoms with Gasteiger partial charge in [-0.1, -0.05) is 27.7 Å². The molecule has 0 aromatic heterocycles. The van der Waals surface area contributed by atoms with E-state index in [1.54, 1.807) is 18.9 Å². The van der Waals surface area contributed by atoms with Crippen LogP contribution in [-0.2, 0) is 4.74 Å². The van der Waals surface area contributed by atoms with E-state index in [-0.39, 0.29) is 11.6 Å². The Morgan fingerprint density at radius 1 is 1.30 bits per heavy atom. The van der Waals surface area contributed by atoms with Crippen LogP contribution in [0.25, 0.3) is 0 Å². The summed E-state index contributed by atoms with van der Waals surface area (Å²) < 4.78 is 5.40. The summed E-state index contributed by atoms with van der Waals surface area (Å²) in [6.45, 7) is 12.5. The Labute approximate surface area is 123 Å². The summed E-state index contributed by atoms with van der Waals surface area (Å²) in [5.41, 5.74) is 0.111. The number of likely N-dealkylation sites (tertiary alicyclic amines) is 1. The number of ether oxygens (including phenoxy) is 1. The molecule has 20 heavy (non-hydrogen) atoms. The molecule has 2 aliphatic rings. The number of urea groups is 1. The Bertz CT molecular complexity index is 268. The Balaban J connectivity index is 0.000000829. The Kier molecular flexibility index (Phi) is 8.81. The zero-order valence-corrected chi connectivity index (χ0v) is 14.0. The third-order valence-corrected chi connectivity index (χ3v) is 3.36. The van der Waals surface area contributed by atoms with Gasteiger partial charge >= 0.3 is 6.03 Å². The number of amides is 2. The summed E-state index contributed by atoms with van der Waals surface area (Å²) in [7, 11) is 1.73. The van der Waals surface area contributed by atoms with Gasteiger partial charge < -0.3 is 19.6 Å². The van der Waals surface area contributed by atoms with Crippen molar-refractivity contribution in [3.63, 3.8) is 0 Å². The fraction of sp³-hybridized carbons (Fsp3) is 0.933. The zero-order chi connectivity index (χ0) is 15.8. The molecule has 0 bridgehead atoms. The smallest absolute Gasteiger partial charge is 0.319 e. The van der Waals surface area contributed by atoms with Crippen molar-refractivity contribution < 1.29 is 14.6 Å². The highest BCUT2D eigenvalue weighted by Crippen LogP contribution is 2.37. The number of aliphatic hydroxyl groups excluding tert-OH is 1. The van der Waals surface area contributed by atoms with Crippen molar-refractivity contribution >= 4 is 6.03 Å². The van der Waals surface area contributed by atoms with Gasteiger partial charge in [0.2, 0.25) is 0 Å². The van der Waals surface area contributed by atoms with Gasteiger partial charge in [-0.05, 0) is 19.8 Å². The molecule has 0 aliphatic carbocycles. The van der Waals surface area contributed by atoms with Gasteiger partial charge in [-0.2, -0.15) is 0 Å². The van der Waals surface area contributed by atoms with E-state index in [9.17, 15) is 9.90 Å². The van der Waals surface area contributed by atoms with Crippen molar-refractivity contribution in [3.05, 3.63) is 0 Å². The van der Waals surface area contributed by atoms with E-state index in [0.29, 0.717) is 6.54 Å². The fourth-order valence-electron chi connectivity index (χ4n) is 2.21. The number of epoxide rings is 1. The van der Waals surface area contributed by atoms with Crippen LogP contribution in [0.2, 0.25) is 0 Å². The molecule has 2 fully saturated rings. The first-order chi connectivity index (χ1) is 9.52. The normalized spacial score (nSPS) is 20.1. The maximum atomic E-state index is 12.0. The molecule has 2 amide bonds. The van der Waals surface area contributed by atoms with Gasteiger partial charge in [0.1, 0.15) is 0 Å². The molecule has 120 valence electrons. The van der Waals surface area contributed by atoms with Crippen LogP contribution in [0.1, 0.15) is 47.5 Å². The number of piperidine rings is 1. The molecule has 1 N–H and O–H groups in total. The van der Waals surface area contributed by atoms with Crippen molar-refractivity contribution in [2.45, 2.75) is 59.2 Å². The number of nitrogens with zero attached hydrogens (tertiary/aromatic N) is 2. The minimum atomic E-state index is -0.475. The van der Waals surface area contributed by atoms with Gasteiger partial charge in [0.15, 0.2) is 0 Å². The first kappa shape index (κ1) is 19.2. The molecule has 0 saturated carbocycles. The first-order valence-electron chi connectivity index (χ1n) is 7.84. The van der Waals surface area contributed by atoms with Crippen LogP contribution in [0.5, 0.6) is 0 Å². The molecule has 2 saturated heterocycles. The molecule has 0 aromatic rings.